The molecule has 222 valence electrons. The van der Waals surface area contributed by atoms with Crippen molar-refractivity contribution in [3.05, 3.63) is 149 Å². The van der Waals surface area contributed by atoms with Crippen molar-refractivity contribution < 1.29 is 14.4 Å². The molecule has 3 amide bonds. The lowest BCUT2D eigenvalue weighted by Gasteiger charge is -2.31. The first-order chi connectivity index (χ1) is 22.0. The van der Waals surface area contributed by atoms with Gasteiger partial charge in [-0.05, 0) is 78.4 Å². The van der Waals surface area contributed by atoms with E-state index in [1.165, 1.54) is 11.8 Å². The Balaban J connectivity index is 1.14. The van der Waals surface area contributed by atoms with Crippen LogP contribution in [0.5, 0.6) is 0 Å². The zero-order valence-electron chi connectivity index (χ0n) is 23.8. The first-order valence-corrected chi connectivity index (χ1v) is 16.2. The summed E-state index contributed by atoms with van der Waals surface area (Å²) in [5.74, 6) is -0.718. The van der Waals surface area contributed by atoms with Gasteiger partial charge in [0.05, 0.1) is 17.1 Å². The predicted octanol–water partition coefficient (Wildman–Crippen LogP) is 8.67. The van der Waals surface area contributed by atoms with Crippen molar-refractivity contribution in [2.75, 3.05) is 16.0 Å². The van der Waals surface area contributed by atoms with Crippen LogP contribution in [0.15, 0.2) is 148 Å². The second-order valence-corrected chi connectivity index (χ2v) is 12.5. The van der Waals surface area contributed by atoms with Crippen molar-refractivity contribution in [3.8, 4) is 0 Å². The van der Waals surface area contributed by atoms with Gasteiger partial charge in [-0.25, -0.2) is 0 Å². The summed E-state index contributed by atoms with van der Waals surface area (Å²) in [4.78, 5) is 44.6. The van der Waals surface area contributed by atoms with Crippen molar-refractivity contribution in [3.63, 3.8) is 0 Å². The maximum Gasteiger partial charge on any atom is 0.272 e. The molecule has 0 unspecified atom stereocenters. The average molecular weight is 648 g/mol. The number of nitrogens with one attached hydrogen (secondary N) is 2. The van der Waals surface area contributed by atoms with E-state index < -0.39 is 11.8 Å². The van der Waals surface area contributed by atoms with E-state index in [0.29, 0.717) is 21.8 Å². The van der Waals surface area contributed by atoms with Crippen molar-refractivity contribution in [2.24, 2.45) is 0 Å². The monoisotopic (exact) mass is 647 g/mol. The minimum absolute atomic E-state index is 0.0268. The lowest BCUT2D eigenvalue weighted by atomic mass is 10.1. The van der Waals surface area contributed by atoms with Crippen molar-refractivity contribution in [2.45, 2.75) is 14.7 Å². The molecule has 0 atom stereocenters. The fraction of sp³-hybridized carbons (Fsp3) is 0.0278. The quantitative estimate of drug-likeness (QED) is 0.130. The molecule has 5 aromatic carbocycles. The zero-order valence-corrected chi connectivity index (χ0v) is 26.2. The van der Waals surface area contributed by atoms with Crippen LogP contribution >= 0.6 is 35.1 Å². The second kappa shape index (κ2) is 13.9. The summed E-state index contributed by atoms with van der Waals surface area (Å²) in [5, 5.41) is 6.02. The van der Waals surface area contributed by atoms with Gasteiger partial charge in [0.15, 0.2) is 0 Å². The molecule has 9 heteroatoms. The van der Waals surface area contributed by atoms with Gasteiger partial charge in [0, 0.05) is 31.0 Å². The lowest BCUT2D eigenvalue weighted by molar-refractivity contribution is -0.115. The third-order valence-corrected chi connectivity index (χ3v) is 9.36. The van der Waals surface area contributed by atoms with E-state index in [9.17, 15) is 14.4 Å². The maximum atomic E-state index is 13.5. The molecule has 0 aromatic heterocycles. The number of hydrogen-bond acceptors (Lipinski definition) is 5. The van der Waals surface area contributed by atoms with E-state index >= 15 is 0 Å². The van der Waals surface area contributed by atoms with E-state index in [4.69, 9.17) is 11.6 Å². The number of amides is 3. The van der Waals surface area contributed by atoms with Gasteiger partial charge in [-0.3, -0.25) is 19.3 Å². The fourth-order valence-corrected chi connectivity index (χ4v) is 6.70. The third kappa shape index (κ3) is 7.15. The minimum Gasteiger partial charge on any atom is -0.321 e. The number of thioether (sulfide) groups is 1. The summed E-state index contributed by atoms with van der Waals surface area (Å²) in [6.45, 7) is 0. The number of benzene rings is 5. The number of para-hydroxylation sites is 2. The van der Waals surface area contributed by atoms with E-state index in [1.807, 2.05) is 66.7 Å². The number of rotatable bonds is 8. The zero-order chi connectivity index (χ0) is 31.2. The van der Waals surface area contributed by atoms with Crippen LogP contribution in [0.1, 0.15) is 15.9 Å². The van der Waals surface area contributed by atoms with Gasteiger partial charge in [0.25, 0.3) is 11.8 Å². The highest BCUT2D eigenvalue weighted by Gasteiger charge is 2.27. The summed E-state index contributed by atoms with van der Waals surface area (Å²) in [5.41, 5.74) is 3.34. The van der Waals surface area contributed by atoms with Crippen LogP contribution in [0.2, 0.25) is 5.02 Å². The van der Waals surface area contributed by atoms with Crippen molar-refractivity contribution in [1.29, 1.82) is 0 Å². The fourth-order valence-electron chi connectivity index (χ4n) is 4.71. The molecule has 0 saturated heterocycles. The number of halogens is 1. The lowest BCUT2D eigenvalue weighted by Crippen LogP contribution is -2.30. The summed E-state index contributed by atoms with van der Waals surface area (Å²) >= 11 is 9.42. The Hall–Kier alpha value is -4.76. The van der Waals surface area contributed by atoms with E-state index in [2.05, 4.69) is 10.6 Å². The van der Waals surface area contributed by atoms with Gasteiger partial charge in [0.2, 0.25) is 5.91 Å². The number of anilines is 3. The topological polar surface area (TPSA) is 78.5 Å². The Kier molecular flexibility index (Phi) is 9.35. The maximum absolute atomic E-state index is 13.5. The first kappa shape index (κ1) is 30.3. The van der Waals surface area contributed by atoms with Crippen LogP contribution in [-0.2, 0) is 9.59 Å². The summed E-state index contributed by atoms with van der Waals surface area (Å²) in [7, 11) is 0. The van der Waals surface area contributed by atoms with Crippen LogP contribution in [0, 0.1) is 0 Å². The highest BCUT2D eigenvalue weighted by molar-refractivity contribution is 8.00. The number of carbonyl (C=O) groups excluding carboxylic acids is 3. The highest BCUT2D eigenvalue weighted by Crippen LogP contribution is 2.48. The average Bonchev–Trinajstić information content (AvgIpc) is 3.07. The van der Waals surface area contributed by atoms with Crippen LogP contribution in [0.3, 0.4) is 0 Å². The molecule has 1 aliphatic heterocycles. The number of nitrogens with zero attached hydrogens (tertiary/aromatic N) is 1. The molecular formula is C36H26ClN3O3S2. The van der Waals surface area contributed by atoms with E-state index in [-0.39, 0.29) is 17.4 Å². The molecule has 6 nitrogen and oxygen atoms in total. The smallest absolute Gasteiger partial charge is 0.272 e. The van der Waals surface area contributed by atoms with Gasteiger partial charge in [0.1, 0.15) is 5.70 Å². The number of carbonyl (C=O) groups is 3. The molecule has 0 spiro atoms. The standard InChI is InChI=1S/C36H26ClN3O3S2/c37-28-13-5-4-12-25(28)22-29(39-35(42)24-10-2-1-3-11-24)36(43)38-26-18-20-27(21-19-26)44-23-34(41)40-30-14-6-8-16-32(30)45-33-17-9-7-15-31(33)40/h1-22H,23H2,(H,38,43)(H,39,42)/b29-22-. The summed E-state index contributed by atoms with van der Waals surface area (Å²) < 4.78 is 0. The minimum atomic E-state index is -0.505. The molecule has 0 fully saturated rings. The molecular weight excluding hydrogens is 622 g/mol. The molecule has 0 radical (unpaired) electrons. The Morgan fingerprint density at radius 1 is 0.733 bits per heavy atom. The molecule has 0 saturated carbocycles. The van der Waals surface area contributed by atoms with Gasteiger partial charge < -0.3 is 10.6 Å². The summed E-state index contributed by atoms with van der Waals surface area (Å²) in [6.07, 6.45) is 1.55. The normalized spacial score (nSPS) is 12.1. The number of fused-ring (bicyclic) bond motifs is 2. The molecule has 45 heavy (non-hydrogen) atoms. The van der Waals surface area contributed by atoms with Crippen LogP contribution in [0.4, 0.5) is 17.1 Å². The van der Waals surface area contributed by atoms with E-state index in [0.717, 1.165) is 26.1 Å². The SMILES string of the molecule is O=C(Nc1ccc(SCC(=O)N2c3ccccc3Sc3ccccc32)cc1)/C(=C/c1ccccc1Cl)NC(=O)c1ccccc1. The molecule has 6 rings (SSSR count). The molecule has 0 bridgehead atoms. The molecule has 2 N–H and O–H groups in total. The largest absolute Gasteiger partial charge is 0.321 e. The van der Waals surface area contributed by atoms with Gasteiger partial charge >= 0.3 is 0 Å². The Bertz CT molecular complexity index is 1870. The Morgan fingerprint density at radius 2 is 1.33 bits per heavy atom. The highest BCUT2D eigenvalue weighted by atomic mass is 35.5. The van der Waals surface area contributed by atoms with Gasteiger partial charge in [-0.2, -0.15) is 0 Å². The molecule has 5 aromatic rings. The molecule has 1 heterocycles. The van der Waals surface area contributed by atoms with Crippen LogP contribution in [0.25, 0.3) is 6.08 Å². The first-order valence-electron chi connectivity index (χ1n) is 14.0. The Labute approximate surface area is 274 Å². The second-order valence-electron chi connectivity index (χ2n) is 9.93. The van der Waals surface area contributed by atoms with Gasteiger partial charge in [-0.15, -0.1) is 11.8 Å². The Morgan fingerprint density at radius 3 is 2.00 bits per heavy atom. The van der Waals surface area contributed by atoms with E-state index in [1.54, 1.807) is 83.4 Å². The predicted molar refractivity (Wildman–Crippen MR) is 183 cm³/mol. The summed E-state index contributed by atoms with van der Waals surface area (Å²) in [6, 6.07) is 38.8. The number of hydrogen-bond donors (Lipinski definition) is 2. The molecule has 1 aliphatic rings. The third-order valence-electron chi connectivity index (χ3n) is 6.89. The van der Waals surface area contributed by atoms with Crippen molar-refractivity contribution >= 4 is 76.0 Å². The van der Waals surface area contributed by atoms with Crippen molar-refractivity contribution in [1.82, 2.24) is 5.32 Å². The van der Waals surface area contributed by atoms with Gasteiger partial charge in [-0.1, -0.05) is 84.0 Å². The molecule has 0 aliphatic carbocycles. The van der Waals surface area contributed by atoms with Crippen LogP contribution < -0.4 is 15.5 Å². The van der Waals surface area contributed by atoms with Crippen LogP contribution in [-0.4, -0.2) is 23.5 Å².